The molecule has 3 N–H and O–H groups in total. The Labute approximate surface area is 160 Å². The van der Waals surface area contributed by atoms with E-state index in [-0.39, 0.29) is 17.0 Å². The second-order valence-corrected chi connectivity index (χ2v) is 7.13. The molecule has 0 fully saturated rings. The predicted molar refractivity (Wildman–Crippen MR) is 107 cm³/mol. The lowest BCUT2D eigenvalue weighted by atomic mass is 10.1. The van der Waals surface area contributed by atoms with Gasteiger partial charge in [0.25, 0.3) is 0 Å². The quantitative estimate of drug-likeness (QED) is 0.580. The van der Waals surface area contributed by atoms with Gasteiger partial charge >= 0.3 is 0 Å². The van der Waals surface area contributed by atoms with Gasteiger partial charge in [-0.3, -0.25) is 4.79 Å². The van der Waals surface area contributed by atoms with Crippen LogP contribution in [-0.2, 0) is 6.42 Å². The van der Waals surface area contributed by atoms with Crippen molar-refractivity contribution < 1.29 is 4.79 Å². The number of carbonyl (C=O) groups excluding carboxylic acids is 1. The van der Waals surface area contributed by atoms with Gasteiger partial charge in [-0.15, -0.1) is 11.3 Å². The van der Waals surface area contributed by atoms with Crippen molar-refractivity contribution in [1.82, 2.24) is 0 Å². The Balaban J connectivity index is 1.94. The second-order valence-electron chi connectivity index (χ2n) is 5.67. The maximum Gasteiger partial charge on any atom is 0.205 e. The van der Waals surface area contributed by atoms with Crippen LogP contribution in [0.5, 0.6) is 0 Å². The first-order valence-corrected chi connectivity index (χ1v) is 9.21. The maximum atomic E-state index is 12.7. The van der Waals surface area contributed by atoms with Crippen molar-refractivity contribution in [3.8, 4) is 6.07 Å². The van der Waals surface area contributed by atoms with Crippen LogP contribution in [0.15, 0.2) is 48.5 Å². The van der Waals surface area contributed by atoms with Gasteiger partial charge < -0.3 is 11.1 Å². The number of rotatable bonds is 5. The molecule has 0 spiro atoms. The molecule has 3 rings (SSSR count). The lowest BCUT2D eigenvalue weighted by molar-refractivity contribution is 0.104. The molecule has 0 radical (unpaired) electrons. The number of hydrogen-bond donors (Lipinski definition) is 2. The van der Waals surface area contributed by atoms with E-state index in [1.165, 1.54) is 16.9 Å². The fourth-order valence-electron chi connectivity index (χ4n) is 2.50. The van der Waals surface area contributed by atoms with Crippen LogP contribution in [0.4, 0.5) is 16.4 Å². The van der Waals surface area contributed by atoms with Crippen LogP contribution in [0.1, 0.15) is 33.3 Å². The molecule has 0 amide bonds. The summed E-state index contributed by atoms with van der Waals surface area (Å²) in [5.74, 6) is -0.227. The third-order valence-electron chi connectivity index (χ3n) is 3.99. The van der Waals surface area contributed by atoms with Crippen molar-refractivity contribution in [2.45, 2.75) is 13.3 Å². The first kappa shape index (κ1) is 18.0. The molecule has 0 saturated heterocycles. The van der Waals surface area contributed by atoms with Gasteiger partial charge in [0.2, 0.25) is 5.78 Å². The number of hydrogen-bond acceptors (Lipinski definition) is 5. The number of ketones is 1. The van der Waals surface area contributed by atoms with E-state index < -0.39 is 0 Å². The lowest BCUT2D eigenvalue weighted by Gasteiger charge is -2.05. The van der Waals surface area contributed by atoms with Gasteiger partial charge in [0.1, 0.15) is 21.5 Å². The number of thiophene rings is 1. The van der Waals surface area contributed by atoms with Gasteiger partial charge in [0, 0.05) is 16.3 Å². The highest BCUT2D eigenvalue weighted by atomic mass is 35.5. The van der Waals surface area contributed by atoms with Gasteiger partial charge in [0.15, 0.2) is 0 Å². The van der Waals surface area contributed by atoms with E-state index in [1.807, 2.05) is 24.3 Å². The summed E-state index contributed by atoms with van der Waals surface area (Å²) in [6.45, 7) is 2.09. The second kappa shape index (κ2) is 7.61. The van der Waals surface area contributed by atoms with Gasteiger partial charge in [-0.1, -0.05) is 30.7 Å². The number of nitrogens with two attached hydrogens (primary N) is 1. The largest absolute Gasteiger partial charge is 0.396 e. The van der Waals surface area contributed by atoms with Crippen molar-refractivity contribution in [3.63, 3.8) is 0 Å². The molecule has 0 unspecified atom stereocenters. The molecule has 1 aromatic heterocycles. The summed E-state index contributed by atoms with van der Waals surface area (Å²) in [4.78, 5) is 13.1. The molecule has 0 aliphatic rings. The molecule has 4 nitrogen and oxygen atoms in total. The van der Waals surface area contributed by atoms with Crippen molar-refractivity contribution in [3.05, 3.63) is 75.1 Å². The molecule has 0 aliphatic heterocycles. The predicted octanol–water partition coefficient (Wildman–Crippen LogP) is 5.39. The van der Waals surface area contributed by atoms with Gasteiger partial charge in [-0.25, -0.2) is 0 Å². The van der Waals surface area contributed by atoms with E-state index in [0.29, 0.717) is 20.5 Å². The third kappa shape index (κ3) is 3.57. The average molecular weight is 382 g/mol. The summed E-state index contributed by atoms with van der Waals surface area (Å²) in [6, 6.07) is 16.6. The summed E-state index contributed by atoms with van der Waals surface area (Å²) in [5.41, 5.74) is 9.10. The van der Waals surface area contributed by atoms with Crippen LogP contribution in [0.2, 0.25) is 5.02 Å². The highest BCUT2D eigenvalue weighted by Crippen LogP contribution is 2.38. The fraction of sp³-hybridized carbons (Fsp3) is 0.100. The van der Waals surface area contributed by atoms with Gasteiger partial charge in [-0.2, -0.15) is 5.26 Å². The van der Waals surface area contributed by atoms with Gasteiger partial charge in [-0.05, 0) is 48.4 Å². The number of nitrogen functional groups attached to an aromatic ring is 1. The minimum atomic E-state index is -0.227. The molecule has 2 aromatic carbocycles. The molecule has 3 aromatic rings. The number of carbonyl (C=O) groups is 1. The number of benzene rings is 2. The Hall–Kier alpha value is -2.81. The smallest absolute Gasteiger partial charge is 0.205 e. The van der Waals surface area contributed by atoms with Crippen LogP contribution in [0.25, 0.3) is 0 Å². The first-order chi connectivity index (χ1) is 12.5. The van der Waals surface area contributed by atoms with Crippen molar-refractivity contribution in [2.75, 3.05) is 11.1 Å². The van der Waals surface area contributed by atoms with Gasteiger partial charge in [0.05, 0.1) is 5.69 Å². The molecular weight excluding hydrogens is 366 g/mol. The highest BCUT2D eigenvalue weighted by molar-refractivity contribution is 7.19. The molecule has 0 atom stereocenters. The Morgan fingerprint density at radius 1 is 1.19 bits per heavy atom. The zero-order chi connectivity index (χ0) is 18.7. The van der Waals surface area contributed by atoms with E-state index in [2.05, 4.69) is 18.3 Å². The van der Waals surface area contributed by atoms with E-state index in [0.717, 1.165) is 12.1 Å². The Morgan fingerprint density at radius 2 is 1.85 bits per heavy atom. The van der Waals surface area contributed by atoms with Crippen LogP contribution in [0, 0.1) is 11.3 Å². The van der Waals surface area contributed by atoms with Crippen LogP contribution in [-0.4, -0.2) is 5.78 Å². The highest BCUT2D eigenvalue weighted by Gasteiger charge is 2.22. The Kier molecular flexibility index (Phi) is 5.27. The summed E-state index contributed by atoms with van der Waals surface area (Å²) in [5, 5.41) is 13.8. The fourth-order valence-corrected chi connectivity index (χ4v) is 3.68. The molecule has 6 heteroatoms. The minimum absolute atomic E-state index is 0.199. The number of nitrogens with one attached hydrogen (secondary N) is 1. The van der Waals surface area contributed by atoms with Crippen molar-refractivity contribution in [1.29, 1.82) is 5.26 Å². The number of halogens is 1. The lowest BCUT2D eigenvalue weighted by Crippen LogP contribution is -2.02. The molecule has 130 valence electrons. The summed E-state index contributed by atoms with van der Waals surface area (Å²) in [7, 11) is 0. The molecule has 0 saturated carbocycles. The Bertz CT molecular complexity index is 986. The van der Waals surface area contributed by atoms with Crippen molar-refractivity contribution in [2.24, 2.45) is 0 Å². The number of aryl methyl sites for hydroxylation is 1. The molecule has 1 heterocycles. The van der Waals surface area contributed by atoms with E-state index in [9.17, 15) is 10.1 Å². The molecular formula is C20H16ClN3OS. The van der Waals surface area contributed by atoms with Crippen LogP contribution in [0.3, 0.4) is 0 Å². The molecule has 0 aliphatic carbocycles. The Morgan fingerprint density at radius 3 is 2.42 bits per heavy atom. The summed E-state index contributed by atoms with van der Waals surface area (Å²) in [6.07, 6.45) is 0.954. The van der Waals surface area contributed by atoms with E-state index in [1.54, 1.807) is 24.3 Å². The monoisotopic (exact) mass is 381 g/mol. The summed E-state index contributed by atoms with van der Waals surface area (Å²) >= 11 is 7.05. The van der Waals surface area contributed by atoms with E-state index >= 15 is 0 Å². The van der Waals surface area contributed by atoms with Crippen LogP contribution < -0.4 is 11.1 Å². The van der Waals surface area contributed by atoms with Crippen molar-refractivity contribution >= 4 is 45.1 Å². The topological polar surface area (TPSA) is 78.9 Å². The third-order valence-corrected chi connectivity index (χ3v) is 5.36. The maximum absolute atomic E-state index is 12.7. The van der Waals surface area contributed by atoms with E-state index in [4.69, 9.17) is 17.3 Å². The van der Waals surface area contributed by atoms with Crippen LogP contribution >= 0.6 is 22.9 Å². The average Bonchev–Trinajstić information content (AvgIpc) is 2.97. The zero-order valence-electron chi connectivity index (χ0n) is 14.0. The summed E-state index contributed by atoms with van der Waals surface area (Å²) < 4.78 is 0. The number of nitriles is 1. The number of anilines is 3. The SMILES string of the molecule is CCc1ccc(Nc2sc(C(=O)c3ccc(Cl)cc3)c(N)c2C#N)cc1. The minimum Gasteiger partial charge on any atom is -0.396 e. The molecule has 26 heavy (non-hydrogen) atoms. The molecule has 0 bridgehead atoms. The first-order valence-electron chi connectivity index (χ1n) is 8.02. The standard InChI is InChI=1S/C20H16ClN3OS/c1-2-12-3-9-15(10-4-12)24-20-16(11-22)17(23)19(26-20)18(25)13-5-7-14(21)8-6-13/h3-10,24H,2,23H2,1H3. The normalized spacial score (nSPS) is 10.3. The zero-order valence-corrected chi connectivity index (χ0v) is 15.6. The number of nitrogens with zero attached hydrogens (tertiary/aromatic N) is 1.